The van der Waals surface area contributed by atoms with Crippen LogP contribution in [-0.2, 0) is 6.61 Å². The maximum absolute atomic E-state index is 9.34. The topological polar surface area (TPSA) is 23.5 Å². The molecular formula is C16H17NO. The largest absolute Gasteiger partial charge is 0.392 e. The fourth-order valence-corrected chi connectivity index (χ4v) is 2.56. The third kappa shape index (κ3) is 2.00. The lowest BCUT2D eigenvalue weighted by atomic mass is 9.90. The van der Waals surface area contributed by atoms with Crippen molar-refractivity contribution in [2.45, 2.75) is 12.5 Å². The Morgan fingerprint density at radius 2 is 1.61 bits per heavy atom. The standard InChI is InChI=1S/C16H17NO/c18-12-14-8-4-5-9-16(14)17-10-15(11-17)13-6-2-1-3-7-13/h1-9,15,18H,10-12H2. The SMILES string of the molecule is OCc1ccccc1N1CC(c2ccccc2)C1. The van der Waals surface area contributed by atoms with E-state index in [9.17, 15) is 5.11 Å². The number of para-hydroxylation sites is 1. The van der Waals surface area contributed by atoms with Gasteiger partial charge in [-0.1, -0.05) is 48.5 Å². The Morgan fingerprint density at radius 1 is 0.944 bits per heavy atom. The Hall–Kier alpha value is -1.80. The minimum Gasteiger partial charge on any atom is -0.392 e. The number of rotatable bonds is 3. The molecule has 0 unspecified atom stereocenters. The molecule has 0 bridgehead atoms. The Kier molecular flexibility index (Phi) is 3.03. The summed E-state index contributed by atoms with van der Waals surface area (Å²) in [6, 6.07) is 18.7. The second-order valence-electron chi connectivity index (χ2n) is 4.80. The summed E-state index contributed by atoms with van der Waals surface area (Å²) in [6.45, 7) is 2.20. The van der Waals surface area contributed by atoms with Crippen LogP contribution in [0.4, 0.5) is 5.69 Å². The molecule has 0 amide bonds. The predicted octanol–water partition coefficient (Wildman–Crippen LogP) is 2.78. The third-order valence-electron chi connectivity index (χ3n) is 3.66. The van der Waals surface area contributed by atoms with Crippen LogP contribution < -0.4 is 4.90 Å². The molecule has 0 aliphatic carbocycles. The van der Waals surface area contributed by atoms with Gasteiger partial charge >= 0.3 is 0 Å². The maximum Gasteiger partial charge on any atom is 0.0702 e. The van der Waals surface area contributed by atoms with Crippen molar-refractivity contribution in [2.75, 3.05) is 18.0 Å². The first kappa shape index (κ1) is 11.3. The number of anilines is 1. The molecule has 18 heavy (non-hydrogen) atoms. The highest BCUT2D eigenvalue weighted by molar-refractivity contribution is 5.56. The molecule has 1 heterocycles. The molecule has 1 aliphatic rings. The van der Waals surface area contributed by atoms with Gasteiger partial charge in [-0.15, -0.1) is 0 Å². The highest BCUT2D eigenvalue weighted by Crippen LogP contribution is 2.33. The average Bonchev–Trinajstić information content (AvgIpc) is 2.39. The van der Waals surface area contributed by atoms with Gasteiger partial charge in [0.25, 0.3) is 0 Å². The summed E-state index contributed by atoms with van der Waals surface area (Å²) < 4.78 is 0. The van der Waals surface area contributed by atoms with E-state index in [1.165, 1.54) is 11.3 Å². The van der Waals surface area contributed by atoms with E-state index in [-0.39, 0.29) is 6.61 Å². The zero-order valence-electron chi connectivity index (χ0n) is 10.3. The Labute approximate surface area is 107 Å². The van der Waals surface area contributed by atoms with Crippen LogP contribution in [0.2, 0.25) is 0 Å². The minimum absolute atomic E-state index is 0.114. The quantitative estimate of drug-likeness (QED) is 0.890. The van der Waals surface area contributed by atoms with Crippen LogP contribution >= 0.6 is 0 Å². The van der Waals surface area contributed by atoms with Crippen molar-refractivity contribution < 1.29 is 5.11 Å². The van der Waals surface area contributed by atoms with Gasteiger partial charge in [-0.2, -0.15) is 0 Å². The summed E-state index contributed by atoms with van der Waals surface area (Å²) in [5, 5.41) is 9.34. The molecule has 1 saturated heterocycles. The van der Waals surface area contributed by atoms with Gasteiger partial charge in [-0.3, -0.25) is 0 Å². The molecular weight excluding hydrogens is 222 g/mol. The van der Waals surface area contributed by atoms with Crippen molar-refractivity contribution >= 4 is 5.69 Å². The molecule has 1 aliphatic heterocycles. The van der Waals surface area contributed by atoms with Gasteiger partial charge < -0.3 is 10.0 Å². The van der Waals surface area contributed by atoms with Crippen LogP contribution in [-0.4, -0.2) is 18.2 Å². The number of hydrogen-bond acceptors (Lipinski definition) is 2. The second-order valence-corrected chi connectivity index (χ2v) is 4.80. The van der Waals surface area contributed by atoms with Crippen LogP contribution in [0.15, 0.2) is 54.6 Å². The summed E-state index contributed by atoms with van der Waals surface area (Å²) in [7, 11) is 0. The molecule has 0 aromatic heterocycles. The molecule has 2 nitrogen and oxygen atoms in total. The molecule has 0 saturated carbocycles. The zero-order valence-corrected chi connectivity index (χ0v) is 10.3. The van der Waals surface area contributed by atoms with Crippen LogP contribution in [0.5, 0.6) is 0 Å². The van der Waals surface area contributed by atoms with Gasteiger partial charge in [-0.05, 0) is 11.6 Å². The Morgan fingerprint density at radius 3 is 2.33 bits per heavy atom. The molecule has 2 aromatic rings. The van der Waals surface area contributed by atoms with E-state index < -0.39 is 0 Å². The third-order valence-corrected chi connectivity index (χ3v) is 3.66. The summed E-state index contributed by atoms with van der Waals surface area (Å²) >= 11 is 0. The highest BCUT2D eigenvalue weighted by atomic mass is 16.3. The van der Waals surface area contributed by atoms with E-state index in [1.54, 1.807) is 0 Å². The van der Waals surface area contributed by atoms with Gasteiger partial charge in [0.05, 0.1) is 6.61 Å². The lowest BCUT2D eigenvalue weighted by Gasteiger charge is -2.42. The van der Waals surface area contributed by atoms with Crippen molar-refractivity contribution in [1.82, 2.24) is 0 Å². The predicted molar refractivity (Wildman–Crippen MR) is 73.8 cm³/mol. The molecule has 1 fully saturated rings. The number of benzene rings is 2. The number of aliphatic hydroxyl groups excluding tert-OH is 1. The summed E-state index contributed by atoms with van der Waals surface area (Å²) in [5.74, 6) is 0.623. The molecule has 2 heteroatoms. The first-order valence-corrected chi connectivity index (χ1v) is 6.37. The lowest BCUT2D eigenvalue weighted by Crippen LogP contribution is -2.45. The highest BCUT2D eigenvalue weighted by Gasteiger charge is 2.28. The normalized spacial score (nSPS) is 15.5. The van der Waals surface area contributed by atoms with E-state index in [2.05, 4.69) is 41.3 Å². The molecule has 1 N–H and O–H groups in total. The lowest BCUT2D eigenvalue weighted by molar-refractivity contribution is 0.281. The molecule has 0 radical (unpaired) electrons. The van der Waals surface area contributed by atoms with E-state index in [0.717, 1.165) is 18.7 Å². The van der Waals surface area contributed by atoms with Crippen molar-refractivity contribution in [1.29, 1.82) is 0 Å². The van der Waals surface area contributed by atoms with E-state index in [4.69, 9.17) is 0 Å². The van der Waals surface area contributed by atoms with E-state index >= 15 is 0 Å². The van der Waals surface area contributed by atoms with Crippen molar-refractivity contribution in [3.63, 3.8) is 0 Å². The fourth-order valence-electron chi connectivity index (χ4n) is 2.56. The van der Waals surface area contributed by atoms with Gasteiger partial charge in [0, 0.05) is 30.3 Å². The average molecular weight is 239 g/mol. The van der Waals surface area contributed by atoms with Crippen molar-refractivity contribution in [2.24, 2.45) is 0 Å². The van der Waals surface area contributed by atoms with Crippen LogP contribution in [0, 0.1) is 0 Å². The molecule has 0 spiro atoms. The first-order valence-electron chi connectivity index (χ1n) is 6.37. The van der Waals surface area contributed by atoms with Gasteiger partial charge in [0.15, 0.2) is 0 Å². The van der Waals surface area contributed by atoms with Gasteiger partial charge in [-0.25, -0.2) is 0 Å². The Bertz CT molecular complexity index is 518. The van der Waals surface area contributed by atoms with Crippen molar-refractivity contribution in [3.05, 3.63) is 65.7 Å². The number of hydrogen-bond donors (Lipinski definition) is 1. The van der Waals surface area contributed by atoms with Gasteiger partial charge in [0.2, 0.25) is 0 Å². The van der Waals surface area contributed by atoms with Gasteiger partial charge in [0.1, 0.15) is 0 Å². The fraction of sp³-hybridized carbons (Fsp3) is 0.250. The van der Waals surface area contributed by atoms with E-state index in [0.29, 0.717) is 5.92 Å². The minimum atomic E-state index is 0.114. The smallest absolute Gasteiger partial charge is 0.0702 e. The van der Waals surface area contributed by atoms with Crippen molar-refractivity contribution in [3.8, 4) is 0 Å². The zero-order chi connectivity index (χ0) is 12.4. The Balaban J connectivity index is 1.72. The summed E-state index contributed by atoms with van der Waals surface area (Å²) in [4.78, 5) is 2.34. The molecule has 2 aromatic carbocycles. The first-order chi connectivity index (χ1) is 8.88. The number of aliphatic hydroxyl groups is 1. The monoisotopic (exact) mass is 239 g/mol. The summed E-state index contributed by atoms with van der Waals surface area (Å²) in [6.07, 6.45) is 0. The number of nitrogens with zero attached hydrogens (tertiary/aromatic N) is 1. The van der Waals surface area contributed by atoms with E-state index in [1.807, 2.05) is 18.2 Å². The molecule has 92 valence electrons. The van der Waals surface area contributed by atoms with Crippen LogP contribution in [0.3, 0.4) is 0 Å². The van der Waals surface area contributed by atoms with Crippen LogP contribution in [0.25, 0.3) is 0 Å². The second kappa shape index (κ2) is 4.83. The molecule has 3 rings (SSSR count). The van der Waals surface area contributed by atoms with Crippen LogP contribution in [0.1, 0.15) is 17.0 Å². The summed E-state index contributed by atoms with van der Waals surface area (Å²) in [5.41, 5.74) is 3.60. The maximum atomic E-state index is 9.34. The molecule has 0 atom stereocenters.